The van der Waals surface area contributed by atoms with Gasteiger partial charge in [-0.3, -0.25) is 9.69 Å². The molecule has 0 aromatic heterocycles. The molecule has 3 fully saturated rings. The third-order valence-electron chi connectivity index (χ3n) is 3.58. The normalized spacial score (nSPS) is 30.0. The third kappa shape index (κ3) is 1.59. The summed E-state index contributed by atoms with van der Waals surface area (Å²) in [6.45, 7) is 2.95. The fourth-order valence-electron chi connectivity index (χ4n) is 2.75. The molecular weight excluding hydrogens is 186 g/mol. The van der Waals surface area contributed by atoms with Crippen LogP contribution in [-0.4, -0.2) is 23.8 Å². The van der Waals surface area contributed by atoms with Gasteiger partial charge in [0.05, 0.1) is 0 Å². The van der Waals surface area contributed by atoms with E-state index in [-0.39, 0.29) is 0 Å². The first-order valence-electron chi connectivity index (χ1n) is 5.63. The molecule has 0 N–H and O–H groups in total. The summed E-state index contributed by atoms with van der Waals surface area (Å²) < 4.78 is 0. The Bertz CT molecular complexity index is 359. The standard InChI is InChI=1S/C13H15NO/c15-13-11-6-12(13)9-14(8-11)7-10-4-2-1-3-5-10/h1-5,11-12H,6-9H2/t11-,12-/m1/s1. The maximum absolute atomic E-state index is 11.4. The highest BCUT2D eigenvalue weighted by Crippen LogP contribution is 2.36. The van der Waals surface area contributed by atoms with Gasteiger partial charge in [-0.25, -0.2) is 0 Å². The summed E-state index contributed by atoms with van der Waals surface area (Å²) in [4.78, 5) is 13.8. The van der Waals surface area contributed by atoms with Crippen molar-refractivity contribution in [3.8, 4) is 0 Å². The molecule has 2 nitrogen and oxygen atoms in total. The third-order valence-corrected chi connectivity index (χ3v) is 3.58. The first-order chi connectivity index (χ1) is 7.33. The predicted molar refractivity (Wildman–Crippen MR) is 58.3 cm³/mol. The summed E-state index contributed by atoms with van der Waals surface area (Å²) in [5, 5.41) is 0. The molecule has 15 heavy (non-hydrogen) atoms. The Balaban J connectivity index is 1.64. The summed E-state index contributed by atoms with van der Waals surface area (Å²) in [5.74, 6) is 1.22. The van der Waals surface area contributed by atoms with E-state index in [2.05, 4.69) is 29.2 Å². The Hall–Kier alpha value is -1.15. The Morgan fingerprint density at radius 1 is 1.13 bits per heavy atom. The molecule has 78 valence electrons. The summed E-state index contributed by atoms with van der Waals surface area (Å²) in [6.07, 6.45) is 1.14. The Labute approximate surface area is 89.9 Å². The topological polar surface area (TPSA) is 20.3 Å². The van der Waals surface area contributed by atoms with Crippen molar-refractivity contribution in [2.45, 2.75) is 13.0 Å². The lowest BCUT2D eigenvalue weighted by atomic mass is 9.69. The van der Waals surface area contributed by atoms with Gasteiger partial charge >= 0.3 is 0 Å². The summed E-state index contributed by atoms with van der Waals surface area (Å²) in [7, 11) is 0. The first kappa shape index (κ1) is 9.10. The van der Waals surface area contributed by atoms with Crippen molar-refractivity contribution >= 4 is 5.78 Å². The summed E-state index contributed by atoms with van der Waals surface area (Å²) in [5.41, 5.74) is 1.35. The van der Waals surface area contributed by atoms with Gasteiger partial charge in [-0.1, -0.05) is 30.3 Å². The number of benzene rings is 1. The van der Waals surface area contributed by atoms with Gasteiger partial charge in [-0.05, 0) is 12.0 Å². The highest BCUT2D eigenvalue weighted by atomic mass is 16.1. The highest BCUT2D eigenvalue weighted by Gasteiger charge is 2.45. The smallest absolute Gasteiger partial charge is 0.141 e. The Morgan fingerprint density at radius 3 is 2.40 bits per heavy atom. The number of nitrogens with zero attached hydrogens (tertiary/aromatic N) is 1. The second-order valence-electron chi connectivity index (χ2n) is 4.71. The van der Waals surface area contributed by atoms with Gasteiger partial charge in [0.25, 0.3) is 0 Å². The van der Waals surface area contributed by atoms with Crippen molar-refractivity contribution in [1.82, 2.24) is 4.90 Å². The van der Waals surface area contributed by atoms with Gasteiger partial charge < -0.3 is 0 Å². The lowest BCUT2D eigenvalue weighted by molar-refractivity contribution is -0.143. The first-order valence-corrected chi connectivity index (χ1v) is 5.63. The number of hydrogen-bond donors (Lipinski definition) is 0. The molecule has 2 heteroatoms. The summed E-state index contributed by atoms with van der Waals surface area (Å²) in [6, 6.07) is 10.5. The van der Waals surface area contributed by atoms with Gasteiger partial charge in [-0.2, -0.15) is 0 Å². The van der Waals surface area contributed by atoms with Gasteiger partial charge in [-0.15, -0.1) is 0 Å². The van der Waals surface area contributed by atoms with E-state index >= 15 is 0 Å². The lowest BCUT2D eigenvalue weighted by Crippen LogP contribution is -2.55. The van der Waals surface area contributed by atoms with Gasteiger partial charge in [0.1, 0.15) is 5.78 Å². The predicted octanol–water partition coefficient (Wildman–Crippen LogP) is 1.71. The highest BCUT2D eigenvalue weighted by molar-refractivity contribution is 5.90. The molecule has 1 aromatic carbocycles. The number of hydrogen-bond acceptors (Lipinski definition) is 2. The second kappa shape index (κ2) is 3.46. The maximum Gasteiger partial charge on any atom is 0.141 e. The van der Waals surface area contributed by atoms with E-state index in [1.165, 1.54) is 5.56 Å². The van der Waals surface area contributed by atoms with Crippen LogP contribution in [0.25, 0.3) is 0 Å². The van der Waals surface area contributed by atoms with Crippen LogP contribution in [0.2, 0.25) is 0 Å². The van der Waals surface area contributed by atoms with Gasteiger partial charge in [0, 0.05) is 31.5 Å². The monoisotopic (exact) mass is 201 g/mol. The quantitative estimate of drug-likeness (QED) is 0.726. The van der Waals surface area contributed by atoms with Gasteiger partial charge in [0.2, 0.25) is 0 Å². The molecule has 0 unspecified atom stereocenters. The van der Waals surface area contributed by atoms with Crippen molar-refractivity contribution in [3.05, 3.63) is 35.9 Å². The number of carbonyl (C=O) groups is 1. The number of ketones is 1. The molecular formula is C13H15NO. The molecule has 0 radical (unpaired) electrons. The van der Waals surface area contributed by atoms with E-state index in [4.69, 9.17) is 0 Å². The van der Waals surface area contributed by atoms with Crippen molar-refractivity contribution in [2.24, 2.45) is 11.8 Å². The SMILES string of the molecule is O=C1[C@@H]2C[C@@H]1CN(Cc1ccccc1)C2. The van der Waals surface area contributed by atoms with E-state index in [1.807, 2.05) is 6.07 Å². The summed E-state index contributed by atoms with van der Waals surface area (Å²) >= 11 is 0. The second-order valence-corrected chi connectivity index (χ2v) is 4.71. The van der Waals surface area contributed by atoms with Gasteiger partial charge in [0.15, 0.2) is 0 Å². The van der Waals surface area contributed by atoms with Crippen molar-refractivity contribution in [3.63, 3.8) is 0 Å². The molecule has 1 saturated carbocycles. The number of rotatable bonds is 2. The van der Waals surface area contributed by atoms with Crippen LogP contribution in [0.4, 0.5) is 0 Å². The molecule has 3 aliphatic rings. The number of Topliss-reactive ketones (excluding diaryl/α,β-unsaturated/α-hetero) is 1. The van der Waals surface area contributed by atoms with Crippen molar-refractivity contribution < 1.29 is 4.79 Å². The van der Waals surface area contributed by atoms with E-state index in [9.17, 15) is 4.79 Å². The van der Waals surface area contributed by atoms with Crippen LogP contribution in [0.1, 0.15) is 12.0 Å². The van der Waals surface area contributed by atoms with E-state index < -0.39 is 0 Å². The fraction of sp³-hybridized carbons (Fsp3) is 0.462. The van der Waals surface area contributed by atoms with E-state index in [1.54, 1.807) is 0 Å². The molecule has 2 atom stereocenters. The van der Waals surface area contributed by atoms with Crippen molar-refractivity contribution in [1.29, 1.82) is 0 Å². The van der Waals surface area contributed by atoms with E-state index in [0.29, 0.717) is 17.6 Å². The molecule has 2 heterocycles. The fourth-order valence-corrected chi connectivity index (χ4v) is 2.75. The molecule has 1 aromatic rings. The minimum atomic E-state index is 0.354. The average molecular weight is 201 g/mol. The number of fused-ring (bicyclic) bond motifs is 2. The molecule has 0 amide bonds. The molecule has 4 rings (SSSR count). The molecule has 0 spiro atoms. The molecule has 2 aliphatic heterocycles. The number of piperidine rings is 2. The maximum atomic E-state index is 11.4. The molecule has 2 bridgehead atoms. The largest absolute Gasteiger partial charge is 0.299 e. The lowest BCUT2D eigenvalue weighted by Gasteiger charge is -2.45. The van der Waals surface area contributed by atoms with Crippen LogP contribution < -0.4 is 0 Å². The Morgan fingerprint density at radius 2 is 1.80 bits per heavy atom. The van der Waals surface area contributed by atoms with Crippen LogP contribution >= 0.6 is 0 Å². The van der Waals surface area contributed by atoms with Crippen molar-refractivity contribution in [2.75, 3.05) is 13.1 Å². The minimum absolute atomic E-state index is 0.354. The van der Waals surface area contributed by atoms with Crippen LogP contribution in [0.5, 0.6) is 0 Å². The zero-order chi connectivity index (χ0) is 10.3. The van der Waals surface area contributed by atoms with Crippen LogP contribution in [0.3, 0.4) is 0 Å². The molecule has 2 saturated heterocycles. The van der Waals surface area contributed by atoms with Crippen LogP contribution in [0, 0.1) is 11.8 Å². The van der Waals surface area contributed by atoms with Crippen LogP contribution in [0.15, 0.2) is 30.3 Å². The average Bonchev–Trinajstić information content (AvgIpc) is 2.30. The van der Waals surface area contributed by atoms with Crippen LogP contribution in [-0.2, 0) is 11.3 Å². The minimum Gasteiger partial charge on any atom is -0.299 e. The van der Waals surface area contributed by atoms with E-state index in [0.717, 1.165) is 26.1 Å². The molecule has 1 aliphatic carbocycles. The zero-order valence-electron chi connectivity index (χ0n) is 8.73. The Kier molecular flexibility index (Phi) is 2.10. The zero-order valence-corrected chi connectivity index (χ0v) is 8.73. The number of carbonyl (C=O) groups excluding carboxylic acids is 1.